The van der Waals surface area contributed by atoms with Crippen molar-refractivity contribution in [2.75, 3.05) is 0 Å². The first kappa shape index (κ1) is 12.5. The smallest absolute Gasteiger partial charge is 0.235 e. The molecule has 2 rings (SSSR count). The summed E-state index contributed by atoms with van der Waals surface area (Å²) in [5.41, 5.74) is 1.06. The third kappa shape index (κ3) is 1.75. The Morgan fingerprint density at radius 3 is 2.44 bits per heavy atom. The fourth-order valence-electron chi connectivity index (χ4n) is 1.96. The highest BCUT2D eigenvalue weighted by molar-refractivity contribution is 6.33. The molecule has 94 valence electrons. The maximum atomic E-state index is 11.6. The summed E-state index contributed by atoms with van der Waals surface area (Å²) in [6.07, 6.45) is 0. The summed E-state index contributed by atoms with van der Waals surface area (Å²) in [6.45, 7) is 1.33. The van der Waals surface area contributed by atoms with Crippen LogP contribution in [-0.2, 0) is 7.05 Å². The molecule has 0 aliphatic rings. The van der Waals surface area contributed by atoms with Crippen molar-refractivity contribution in [2.45, 2.75) is 6.92 Å². The van der Waals surface area contributed by atoms with E-state index in [1.807, 2.05) is 0 Å². The van der Waals surface area contributed by atoms with Gasteiger partial charge in [0.15, 0.2) is 11.5 Å². The van der Waals surface area contributed by atoms with E-state index in [1.165, 1.54) is 11.5 Å². The van der Waals surface area contributed by atoms with Gasteiger partial charge >= 0.3 is 0 Å². The number of benzene rings is 1. The van der Waals surface area contributed by atoms with Gasteiger partial charge in [-0.25, -0.2) is 0 Å². The molecule has 0 fully saturated rings. The summed E-state index contributed by atoms with van der Waals surface area (Å²) in [6, 6.07) is 6.94. The Bertz CT molecular complexity index is 631. The zero-order valence-corrected chi connectivity index (χ0v) is 10.7. The zero-order chi connectivity index (χ0) is 13.4. The van der Waals surface area contributed by atoms with E-state index >= 15 is 0 Å². The van der Waals surface area contributed by atoms with Crippen molar-refractivity contribution in [1.82, 2.24) is 4.57 Å². The second-order valence-electron chi connectivity index (χ2n) is 3.99. The van der Waals surface area contributed by atoms with Crippen LogP contribution in [0, 0.1) is 0 Å². The second-order valence-corrected chi connectivity index (χ2v) is 4.40. The molecule has 0 spiro atoms. The molecule has 2 N–H and O–H groups in total. The predicted octanol–water partition coefficient (Wildman–Crippen LogP) is 2.96. The minimum atomic E-state index is -0.417. The van der Waals surface area contributed by atoms with Crippen molar-refractivity contribution in [1.29, 1.82) is 0 Å². The molecule has 1 heterocycles. The van der Waals surface area contributed by atoms with Crippen molar-refractivity contribution < 1.29 is 15.0 Å². The quantitative estimate of drug-likeness (QED) is 0.821. The minimum absolute atomic E-state index is 0.0723. The number of aromatic hydroxyl groups is 2. The number of ketones is 1. The van der Waals surface area contributed by atoms with Crippen molar-refractivity contribution in [2.24, 2.45) is 7.05 Å². The molecular weight excluding hydrogens is 254 g/mol. The maximum absolute atomic E-state index is 11.6. The van der Waals surface area contributed by atoms with Crippen LogP contribution in [0.4, 0.5) is 0 Å². The summed E-state index contributed by atoms with van der Waals surface area (Å²) >= 11 is 6.08. The van der Waals surface area contributed by atoms with Crippen molar-refractivity contribution >= 4 is 17.4 Å². The topological polar surface area (TPSA) is 62.5 Å². The number of carbonyl (C=O) groups excluding carboxylic acids is 1. The number of halogens is 1. The molecule has 18 heavy (non-hydrogen) atoms. The lowest BCUT2D eigenvalue weighted by Crippen LogP contribution is -1.98. The van der Waals surface area contributed by atoms with E-state index in [-0.39, 0.29) is 17.2 Å². The van der Waals surface area contributed by atoms with E-state index in [4.69, 9.17) is 11.6 Å². The predicted molar refractivity (Wildman–Crippen MR) is 69.2 cm³/mol. The van der Waals surface area contributed by atoms with Gasteiger partial charge in [-0.2, -0.15) is 0 Å². The van der Waals surface area contributed by atoms with Gasteiger partial charge in [0.25, 0.3) is 0 Å². The molecule has 0 radical (unpaired) electrons. The van der Waals surface area contributed by atoms with E-state index in [9.17, 15) is 15.0 Å². The summed E-state index contributed by atoms with van der Waals surface area (Å²) in [7, 11) is 1.56. The van der Waals surface area contributed by atoms with E-state index in [2.05, 4.69) is 0 Å². The van der Waals surface area contributed by atoms with Crippen LogP contribution >= 0.6 is 11.6 Å². The number of carbonyl (C=O) groups is 1. The first-order chi connectivity index (χ1) is 8.45. The molecule has 0 bridgehead atoms. The molecule has 0 unspecified atom stereocenters. The lowest BCUT2D eigenvalue weighted by atomic mass is 10.0. The molecule has 1 aromatic heterocycles. The Hall–Kier alpha value is -1.94. The Morgan fingerprint density at radius 2 is 1.89 bits per heavy atom. The van der Waals surface area contributed by atoms with Crippen LogP contribution in [0.2, 0.25) is 5.02 Å². The van der Waals surface area contributed by atoms with E-state index < -0.39 is 5.75 Å². The van der Waals surface area contributed by atoms with Crippen LogP contribution < -0.4 is 0 Å². The van der Waals surface area contributed by atoms with E-state index in [1.54, 1.807) is 31.3 Å². The van der Waals surface area contributed by atoms with Gasteiger partial charge in [0.1, 0.15) is 0 Å². The third-order valence-electron chi connectivity index (χ3n) is 2.82. The first-order valence-corrected chi connectivity index (χ1v) is 5.69. The molecule has 0 aliphatic heterocycles. The Balaban J connectivity index is 2.83. The van der Waals surface area contributed by atoms with Gasteiger partial charge in [0, 0.05) is 17.6 Å². The van der Waals surface area contributed by atoms with Gasteiger partial charge in [-0.1, -0.05) is 29.8 Å². The van der Waals surface area contributed by atoms with Gasteiger partial charge in [-0.15, -0.1) is 0 Å². The van der Waals surface area contributed by atoms with Gasteiger partial charge in [-0.05, 0) is 13.0 Å². The molecule has 2 aromatic rings. The molecule has 0 amide bonds. The Morgan fingerprint density at radius 1 is 1.28 bits per heavy atom. The third-order valence-corrected chi connectivity index (χ3v) is 3.15. The SMILES string of the molecule is CC(=O)c1c(O)c(O)n(C)c1-c1ccccc1Cl. The van der Waals surface area contributed by atoms with Crippen molar-refractivity contribution in [3.05, 3.63) is 34.9 Å². The summed E-state index contributed by atoms with van der Waals surface area (Å²) in [4.78, 5) is 11.6. The highest BCUT2D eigenvalue weighted by Crippen LogP contribution is 2.41. The normalized spacial score (nSPS) is 10.6. The van der Waals surface area contributed by atoms with Crippen LogP contribution in [0.3, 0.4) is 0 Å². The van der Waals surface area contributed by atoms with Crippen LogP contribution in [0.5, 0.6) is 11.6 Å². The fraction of sp³-hybridized carbons (Fsp3) is 0.154. The Kier molecular flexibility index (Phi) is 3.05. The van der Waals surface area contributed by atoms with Gasteiger partial charge < -0.3 is 14.8 Å². The summed E-state index contributed by atoms with van der Waals surface area (Å²) in [5, 5.41) is 20.0. The highest BCUT2D eigenvalue weighted by Gasteiger charge is 2.25. The number of hydrogen-bond donors (Lipinski definition) is 2. The number of hydrogen-bond acceptors (Lipinski definition) is 3. The summed E-state index contributed by atoms with van der Waals surface area (Å²) < 4.78 is 1.34. The molecule has 0 atom stereocenters. The first-order valence-electron chi connectivity index (χ1n) is 5.31. The maximum Gasteiger partial charge on any atom is 0.235 e. The Labute approximate surface area is 109 Å². The molecule has 1 aromatic carbocycles. The van der Waals surface area contributed by atoms with E-state index in [0.29, 0.717) is 16.3 Å². The van der Waals surface area contributed by atoms with Crippen LogP contribution in [0.1, 0.15) is 17.3 Å². The van der Waals surface area contributed by atoms with Gasteiger partial charge in [0.05, 0.1) is 11.3 Å². The number of aromatic nitrogens is 1. The average Bonchev–Trinajstić information content (AvgIpc) is 2.54. The van der Waals surface area contributed by atoms with Crippen molar-refractivity contribution in [3.8, 4) is 22.9 Å². The summed E-state index contributed by atoms with van der Waals surface area (Å²) in [5.74, 6) is -1.10. The lowest BCUT2D eigenvalue weighted by molar-refractivity contribution is 0.101. The second kappa shape index (κ2) is 4.38. The fourth-order valence-corrected chi connectivity index (χ4v) is 2.18. The molecule has 0 aliphatic carbocycles. The molecule has 0 saturated carbocycles. The average molecular weight is 266 g/mol. The van der Waals surface area contributed by atoms with Crippen LogP contribution in [0.15, 0.2) is 24.3 Å². The van der Waals surface area contributed by atoms with E-state index in [0.717, 1.165) is 0 Å². The van der Waals surface area contributed by atoms with Gasteiger partial charge in [-0.3, -0.25) is 4.79 Å². The largest absolute Gasteiger partial charge is 0.503 e. The number of Topliss-reactive ketones (excluding diaryl/α,β-unsaturated/α-hetero) is 1. The number of nitrogens with zero attached hydrogens (tertiary/aromatic N) is 1. The monoisotopic (exact) mass is 265 g/mol. The highest BCUT2D eigenvalue weighted by atomic mass is 35.5. The van der Waals surface area contributed by atoms with Gasteiger partial charge in [0.2, 0.25) is 5.88 Å². The molecule has 5 heteroatoms. The van der Waals surface area contributed by atoms with Crippen molar-refractivity contribution in [3.63, 3.8) is 0 Å². The van der Waals surface area contributed by atoms with Crippen LogP contribution in [0.25, 0.3) is 11.3 Å². The van der Waals surface area contributed by atoms with Crippen LogP contribution in [-0.4, -0.2) is 20.6 Å². The molecule has 0 saturated heterocycles. The molecule has 4 nitrogen and oxygen atoms in total. The minimum Gasteiger partial charge on any atom is -0.503 e. The number of rotatable bonds is 2. The lowest BCUT2D eigenvalue weighted by Gasteiger charge is -2.07. The standard InChI is InChI=1S/C13H12ClNO3/c1-7(16)10-11(15(2)13(18)12(10)17)8-5-3-4-6-9(8)14/h3-6,17-18H,1-2H3. The zero-order valence-electron chi connectivity index (χ0n) is 9.94. The molecular formula is C13H12ClNO3.